The lowest BCUT2D eigenvalue weighted by molar-refractivity contribution is -0.137. The van der Waals surface area contributed by atoms with E-state index in [0.717, 1.165) is 12.1 Å². The van der Waals surface area contributed by atoms with Gasteiger partial charge in [-0.3, -0.25) is 4.79 Å². The van der Waals surface area contributed by atoms with E-state index in [1.165, 1.54) is 12.1 Å². The van der Waals surface area contributed by atoms with E-state index in [1.54, 1.807) is 25.9 Å². The highest BCUT2D eigenvalue weighted by molar-refractivity contribution is 6.39. The molecular weight excluding hydrogens is 271 g/mol. The van der Waals surface area contributed by atoms with Gasteiger partial charge in [-0.2, -0.15) is 13.2 Å². The van der Waals surface area contributed by atoms with Crippen LogP contribution in [0.1, 0.15) is 18.1 Å². The van der Waals surface area contributed by atoms with Crippen LogP contribution in [0.5, 0.6) is 0 Å². The molecule has 0 spiro atoms. The molecule has 1 N–H and O–H groups in total. The lowest BCUT2D eigenvalue weighted by atomic mass is 10.0. The Morgan fingerprint density at radius 1 is 1.20 bits per heavy atom. The molecule has 2 rings (SSSR count). The SMILES string of the molecule is CN(C)C1=NC(C)(c2ccc(C(F)(F)F)cc2)NC1=O. The van der Waals surface area contributed by atoms with E-state index in [9.17, 15) is 18.0 Å². The van der Waals surface area contributed by atoms with E-state index in [4.69, 9.17) is 0 Å². The Balaban J connectivity index is 2.35. The average Bonchev–Trinajstić information content (AvgIpc) is 2.65. The summed E-state index contributed by atoms with van der Waals surface area (Å²) in [6.07, 6.45) is -4.38. The molecule has 1 amide bonds. The highest BCUT2D eigenvalue weighted by Gasteiger charge is 2.38. The standard InChI is InChI=1S/C13H14F3N3O/c1-12(17-10(19(2)3)11(20)18-12)8-4-6-9(7-5-8)13(14,15)16/h4-7H,1-3H3,(H,18,20). The van der Waals surface area contributed by atoms with E-state index >= 15 is 0 Å². The monoisotopic (exact) mass is 285 g/mol. The second-order valence-corrected chi connectivity index (χ2v) is 4.93. The van der Waals surface area contributed by atoms with Crippen molar-refractivity contribution >= 4 is 11.7 Å². The fourth-order valence-electron chi connectivity index (χ4n) is 1.99. The van der Waals surface area contributed by atoms with Gasteiger partial charge < -0.3 is 10.2 Å². The van der Waals surface area contributed by atoms with Gasteiger partial charge in [-0.05, 0) is 24.6 Å². The van der Waals surface area contributed by atoms with E-state index < -0.39 is 17.4 Å². The van der Waals surface area contributed by atoms with E-state index in [-0.39, 0.29) is 11.7 Å². The molecule has 1 aromatic rings. The van der Waals surface area contributed by atoms with Crippen LogP contribution in [0.25, 0.3) is 0 Å². The van der Waals surface area contributed by atoms with Gasteiger partial charge >= 0.3 is 6.18 Å². The number of alkyl halides is 3. The smallest absolute Gasteiger partial charge is 0.358 e. The minimum Gasteiger partial charge on any atom is -0.358 e. The summed E-state index contributed by atoms with van der Waals surface area (Å²) >= 11 is 0. The van der Waals surface area contributed by atoms with Crippen molar-refractivity contribution in [2.45, 2.75) is 18.8 Å². The lowest BCUT2D eigenvalue weighted by Crippen LogP contribution is -2.39. The van der Waals surface area contributed by atoms with Crippen LogP contribution in [-0.4, -0.2) is 30.7 Å². The van der Waals surface area contributed by atoms with E-state index in [2.05, 4.69) is 10.3 Å². The molecule has 0 aromatic heterocycles. The number of hydrogen-bond acceptors (Lipinski definition) is 3. The zero-order valence-corrected chi connectivity index (χ0v) is 11.2. The highest BCUT2D eigenvalue weighted by atomic mass is 19.4. The van der Waals surface area contributed by atoms with Gasteiger partial charge in [0.2, 0.25) is 0 Å². The number of amides is 1. The largest absolute Gasteiger partial charge is 0.416 e. The Hall–Kier alpha value is -2.05. The summed E-state index contributed by atoms with van der Waals surface area (Å²) in [5.74, 6) is -0.107. The van der Waals surface area contributed by atoms with Crippen LogP contribution in [0.3, 0.4) is 0 Å². The van der Waals surface area contributed by atoms with Gasteiger partial charge in [-0.15, -0.1) is 0 Å². The molecule has 0 bridgehead atoms. The van der Waals surface area contributed by atoms with Crippen molar-refractivity contribution in [3.8, 4) is 0 Å². The van der Waals surface area contributed by atoms with Crippen molar-refractivity contribution < 1.29 is 18.0 Å². The molecule has 108 valence electrons. The van der Waals surface area contributed by atoms with Crippen molar-refractivity contribution in [2.75, 3.05) is 14.1 Å². The van der Waals surface area contributed by atoms with Crippen LogP contribution in [-0.2, 0) is 16.6 Å². The minimum absolute atomic E-state index is 0.243. The number of nitrogens with one attached hydrogen (secondary N) is 1. The molecule has 20 heavy (non-hydrogen) atoms. The van der Waals surface area contributed by atoms with Gasteiger partial charge in [-0.1, -0.05) is 12.1 Å². The maximum atomic E-state index is 12.5. The van der Waals surface area contributed by atoms with Crippen molar-refractivity contribution in [1.29, 1.82) is 0 Å². The van der Waals surface area contributed by atoms with Crippen LogP contribution >= 0.6 is 0 Å². The number of amidine groups is 1. The third-order valence-electron chi connectivity index (χ3n) is 3.09. The van der Waals surface area contributed by atoms with Crippen molar-refractivity contribution in [2.24, 2.45) is 4.99 Å². The second-order valence-electron chi connectivity index (χ2n) is 4.93. The number of aliphatic imine (C=N–C) groups is 1. The Labute approximate surface area is 114 Å². The zero-order valence-electron chi connectivity index (χ0n) is 11.2. The number of likely N-dealkylation sites (N-methyl/N-ethyl adjacent to an activating group) is 1. The summed E-state index contributed by atoms with van der Waals surface area (Å²) in [4.78, 5) is 17.6. The third-order valence-corrected chi connectivity index (χ3v) is 3.09. The van der Waals surface area contributed by atoms with Crippen LogP contribution in [0.15, 0.2) is 29.3 Å². The molecule has 0 saturated heterocycles. The number of benzene rings is 1. The molecule has 4 nitrogen and oxygen atoms in total. The van der Waals surface area contributed by atoms with Crippen molar-refractivity contribution in [3.05, 3.63) is 35.4 Å². The number of hydrogen-bond donors (Lipinski definition) is 1. The van der Waals surface area contributed by atoms with Gasteiger partial charge in [0.25, 0.3) is 5.91 Å². The maximum absolute atomic E-state index is 12.5. The summed E-state index contributed by atoms with van der Waals surface area (Å²) in [7, 11) is 3.35. The molecule has 1 aliphatic rings. The molecular formula is C13H14F3N3O. The summed E-state index contributed by atoms with van der Waals surface area (Å²) in [5, 5.41) is 2.67. The lowest BCUT2D eigenvalue weighted by Gasteiger charge is -2.21. The summed E-state index contributed by atoms with van der Waals surface area (Å²) < 4.78 is 37.6. The van der Waals surface area contributed by atoms with Crippen molar-refractivity contribution in [3.63, 3.8) is 0 Å². The first kappa shape index (κ1) is 14.4. The molecule has 0 radical (unpaired) electrons. The van der Waals surface area contributed by atoms with Gasteiger partial charge in [0.05, 0.1) is 5.56 Å². The first-order valence-corrected chi connectivity index (χ1v) is 5.91. The Morgan fingerprint density at radius 2 is 1.75 bits per heavy atom. The number of rotatable bonds is 1. The molecule has 0 saturated carbocycles. The molecule has 1 heterocycles. The topological polar surface area (TPSA) is 44.7 Å². The number of halogens is 3. The quantitative estimate of drug-likeness (QED) is 0.857. The predicted octanol–water partition coefficient (Wildman–Crippen LogP) is 1.97. The Morgan fingerprint density at radius 3 is 2.15 bits per heavy atom. The Bertz CT molecular complexity index is 563. The third kappa shape index (κ3) is 2.48. The van der Waals surface area contributed by atoms with Gasteiger partial charge in [0.1, 0.15) is 0 Å². The molecule has 7 heteroatoms. The van der Waals surface area contributed by atoms with Gasteiger partial charge in [0, 0.05) is 14.1 Å². The molecule has 1 aromatic carbocycles. The molecule has 0 aliphatic carbocycles. The normalized spacial score (nSPS) is 22.5. The average molecular weight is 285 g/mol. The number of nitrogens with zero attached hydrogens (tertiary/aromatic N) is 2. The zero-order chi connectivity index (χ0) is 15.1. The second kappa shape index (κ2) is 4.50. The van der Waals surface area contributed by atoms with Gasteiger partial charge in [-0.25, -0.2) is 4.99 Å². The number of carbonyl (C=O) groups is 1. The van der Waals surface area contributed by atoms with Crippen LogP contribution in [0.4, 0.5) is 13.2 Å². The minimum atomic E-state index is -4.38. The molecule has 0 fully saturated rings. The number of carbonyl (C=O) groups excluding carboxylic acids is 1. The first-order valence-electron chi connectivity index (χ1n) is 5.91. The maximum Gasteiger partial charge on any atom is 0.416 e. The fraction of sp³-hybridized carbons (Fsp3) is 0.385. The Kier molecular flexibility index (Phi) is 3.23. The molecule has 1 atom stereocenters. The van der Waals surface area contributed by atoms with Crippen LogP contribution in [0.2, 0.25) is 0 Å². The first-order chi connectivity index (χ1) is 9.13. The van der Waals surface area contributed by atoms with E-state index in [0.29, 0.717) is 5.56 Å². The summed E-state index contributed by atoms with van der Waals surface area (Å²) in [5.41, 5.74) is -1.28. The summed E-state index contributed by atoms with van der Waals surface area (Å²) in [6.45, 7) is 1.64. The van der Waals surface area contributed by atoms with Crippen molar-refractivity contribution in [1.82, 2.24) is 10.2 Å². The van der Waals surface area contributed by atoms with Crippen LogP contribution in [0, 0.1) is 0 Å². The van der Waals surface area contributed by atoms with Gasteiger partial charge in [0.15, 0.2) is 11.5 Å². The molecule has 1 aliphatic heterocycles. The molecule has 1 unspecified atom stereocenters. The fourth-order valence-corrected chi connectivity index (χ4v) is 1.99. The highest BCUT2D eigenvalue weighted by Crippen LogP contribution is 2.32. The van der Waals surface area contributed by atoms with Crippen LogP contribution < -0.4 is 5.32 Å². The van der Waals surface area contributed by atoms with E-state index in [1.807, 2.05) is 0 Å². The predicted molar refractivity (Wildman–Crippen MR) is 68.1 cm³/mol. The summed E-state index contributed by atoms with van der Waals surface area (Å²) in [6, 6.07) is 4.61.